The molecule has 0 unspecified atom stereocenters. The molecule has 0 saturated carbocycles. The van der Waals surface area contributed by atoms with Crippen LogP contribution in [0.15, 0.2) is 24.5 Å². The largest absolute Gasteiger partial charge is 0.361 e. The first-order valence-corrected chi connectivity index (χ1v) is 2.75. The number of aromatic nitrogens is 1. The fraction of sp³-hybridized carbons (Fsp3) is 0.167. The smallest absolute Gasteiger partial charge is 0.287 e. The van der Waals surface area contributed by atoms with Crippen molar-refractivity contribution in [1.82, 2.24) is 4.57 Å². The van der Waals surface area contributed by atoms with Gasteiger partial charge in [0.25, 0.3) is 5.91 Å². The number of aliphatic hydroxyl groups excluding tert-OH is 1. The standard InChI is InChI=1S/C6H7NO3/c8-5(6(9)10)7-3-1-2-4-7/h1-4,6,9-10H. The van der Waals surface area contributed by atoms with Gasteiger partial charge in [-0.15, -0.1) is 0 Å². The van der Waals surface area contributed by atoms with Gasteiger partial charge in [-0.05, 0) is 12.1 Å². The second-order valence-corrected chi connectivity index (χ2v) is 1.80. The maximum absolute atomic E-state index is 10.7. The van der Waals surface area contributed by atoms with Crippen LogP contribution in [0.2, 0.25) is 0 Å². The van der Waals surface area contributed by atoms with Crippen molar-refractivity contribution >= 4 is 5.91 Å². The third-order valence-electron chi connectivity index (χ3n) is 1.08. The Hall–Kier alpha value is -1.13. The first-order valence-electron chi connectivity index (χ1n) is 2.75. The van der Waals surface area contributed by atoms with Crippen LogP contribution in [0.25, 0.3) is 0 Å². The highest BCUT2D eigenvalue weighted by Gasteiger charge is 2.10. The molecule has 0 atom stereocenters. The topological polar surface area (TPSA) is 62.5 Å². The van der Waals surface area contributed by atoms with Gasteiger partial charge < -0.3 is 10.2 Å². The van der Waals surface area contributed by atoms with E-state index in [1.807, 2.05) is 0 Å². The van der Waals surface area contributed by atoms with E-state index in [1.54, 1.807) is 12.1 Å². The second-order valence-electron chi connectivity index (χ2n) is 1.80. The van der Waals surface area contributed by atoms with E-state index >= 15 is 0 Å². The minimum atomic E-state index is -1.92. The third-order valence-corrected chi connectivity index (χ3v) is 1.08. The Bertz CT molecular complexity index is 215. The number of hydrogen-bond acceptors (Lipinski definition) is 3. The number of aliphatic hydroxyl groups is 2. The highest BCUT2D eigenvalue weighted by Crippen LogP contribution is 1.91. The Morgan fingerprint density at radius 1 is 1.30 bits per heavy atom. The Morgan fingerprint density at radius 2 is 1.80 bits per heavy atom. The average Bonchev–Trinajstić information content (AvgIpc) is 2.36. The lowest BCUT2D eigenvalue weighted by Crippen LogP contribution is -2.24. The van der Waals surface area contributed by atoms with Crippen molar-refractivity contribution in [3.63, 3.8) is 0 Å². The molecule has 0 fully saturated rings. The number of hydrogen-bond donors (Lipinski definition) is 2. The highest BCUT2D eigenvalue weighted by molar-refractivity contribution is 5.81. The molecular weight excluding hydrogens is 134 g/mol. The van der Waals surface area contributed by atoms with Crippen molar-refractivity contribution in [3.05, 3.63) is 24.5 Å². The van der Waals surface area contributed by atoms with Gasteiger partial charge in [-0.1, -0.05) is 0 Å². The lowest BCUT2D eigenvalue weighted by molar-refractivity contribution is -0.0262. The van der Waals surface area contributed by atoms with Crippen molar-refractivity contribution < 1.29 is 15.0 Å². The van der Waals surface area contributed by atoms with Gasteiger partial charge in [-0.3, -0.25) is 9.36 Å². The summed E-state index contributed by atoms with van der Waals surface area (Å²) < 4.78 is 1.10. The van der Waals surface area contributed by atoms with Crippen molar-refractivity contribution in [1.29, 1.82) is 0 Å². The summed E-state index contributed by atoms with van der Waals surface area (Å²) in [6, 6.07) is 3.25. The summed E-state index contributed by atoms with van der Waals surface area (Å²) in [7, 11) is 0. The highest BCUT2D eigenvalue weighted by atomic mass is 16.5. The van der Waals surface area contributed by atoms with E-state index in [4.69, 9.17) is 10.2 Å². The zero-order valence-corrected chi connectivity index (χ0v) is 5.14. The monoisotopic (exact) mass is 141 g/mol. The molecule has 0 amide bonds. The number of carbonyl (C=O) groups excluding carboxylic acids is 1. The summed E-state index contributed by atoms with van der Waals surface area (Å²) in [4.78, 5) is 10.7. The molecule has 0 radical (unpaired) electrons. The van der Waals surface area contributed by atoms with Crippen LogP contribution in [0.4, 0.5) is 0 Å². The zero-order chi connectivity index (χ0) is 7.56. The van der Waals surface area contributed by atoms with Crippen molar-refractivity contribution in [2.75, 3.05) is 0 Å². The molecule has 0 aliphatic heterocycles. The summed E-state index contributed by atoms with van der Waals surface area (Å²) in [6.07, 6.45) is 0.969. The molecule has 0 aliphatic carbocycles. The Morgan fingerprint density at radius 3 is 2.20 bits per heavy atom. The van der Waals surface area contributed by atoms with E-state index in [2.05, 4.69) is 0 Å². The van der Waals surface area contributed by atoms with Crippen LogP contribution >= 0.6 is 0 Å². The van der Waals surface area contributed by atoms with Gasteiger partial charge in [0.1, 0.15) is 0 Å². The summed E-state index contributed by atoms with van der Waals surface area (Å²) in [5.41, 5.74) is 0. The third kappa shape index (κ3) is 1.23. The van der Waals surface area contributed by atoms with Gasteiger partial charge >= 0.3 is 0 Å². The maximum atomic E-state index is 10.7. The lowest BCUT2D eigenvalue weighted by Gasteiger charge is -2.01. The summed E-state index contributed by atoms with van der Waals surface area (Å²) in [5, 5.41) is 16.8. The fourth-order valence-corrected chi connectivity index (χ4v) is 0.615. The van der Waals surface area contributed by atoms with E-state index in [0.717, 1.165) is 4.57 Å². The number of nitrogens with zero attached hydrogens (tertiary/aromatic N) is 1. The normalized spacial score (nSPS) is 10.3. The number of carbonyl (C=O) groups is 1. The molecular formula is C6H7NO3. The van der Waals surface area contributed by atoms with E-state index in [9.17, 15) is 4.79 Å². The Kier molecular flexibility index (Phi) is 1.84. The van der Waals surface area contributed by atoms with Gasteiger partial charge in [0.05, 0.1) is 0 Å². The van der Waals surface area contributed by atoms with Crippen LogP contribution in [0.3, 0.4) is 0 Å². The van der Waals surface area contributed by atoms with Crippen molar-refractivity contribution in [2.45, 2.75) is 6.29 Å². The molecule has 0 aliphatic rings. The van der Waals surface area contributed by atoms with Gasteiger partial charge in [-0.2, -0.15) is 0 Å². The minimum Gasteiger partial charge on any atom is -0.361 e. The second kappa shape index (κ2) is 2.64. The van der Waals surface area contributed by atoms with E-state index < -0.39 is 12.2 Å². The predicted octanol–water partition coefficient (Wildman–Crippen LogP) is -0.561. The first-order chi connectivity index (χ1) is 4.72. The molecule has 10 heavy (non-hydrogen) atoms. The quantitative estimate of drug-likeness (QED) is 0.515. The molecule has 1 heterocycles. The van der Waals surface area contributed by atoms with Crippen molar-refractivity contribution in [3.8, 4) is 0 Å². The molecule has 0 spiro atoms. The van der Waals surface area contributed by atoms with Crippen LogP contribution < -0.4 is 0 Å². The SMILES string of the molecule is O=C(C(O)O)n1cccc1. The zero-order valence-electron chi connectivity index (χ0n) is 5.14. The van der Waals surface area contributed by atoms with Crippen LogP contribution in [0.5, 0.6) is 0 Å². The molecule has 0 bridgehead atoms. The maximum Gasteiger partial charge on any atom is 0.287 e. The number of rotatable bonds is 1. The van der Waals surface area contributed by atoms with Gasteiger partial charge in [0.15, 0.2) is 0 Å². The molecule has 1 aromatic rings. The molecule has 1 rings (SSSR count). The summed E-state index contributed by atoms with van der Waals surface area (Å²) >= 11 is 0. The molecule has 4 nitrogen and oxygen atoms in total. The summed E-state index contributed by atoms with van der Waals surface area (Å²) in [6.45, 7) is 0. The average molecular weight is 141 g/mol. The van der Waals surface area contributed by atoms with E-state index in [0.29, 0.717) is 0 Å². The van der Waals surface area contributed by atoms with E-state index in [-0.39, 0.29) is 0 Å². The molecule has 54 valence electrons. The van der Waals surface area contributed by atoms with Crippen molar-refractivity contribution in [2.24, 2.45) is 0 Å². The van der Waals surface area contributed by atoms with Crippen LogP contribution in [-0.4, -0.2) is 27.0 Å². The van der Waals surface area contributed by atoms with Gasteiger partial charge in [-0.25, -0.2) is 0 Å². The van der Waals surface area contributed by atoms with Crippen LogP contribution in [0.1, 0.15) is 4.79 Å². The van der Waals surface area contributed by atoms with Crippen LogP contribution in [-0.2, 0) is 0 Å². The van der Waals surface area contributed by atoms with Crippen LogP contribution in [0, 0.1) is 0 Å². The fourth-order valence-electron chi connectivity index (χ4n) is 0.615. The Labute approximate surface area is 57.3 Å². The lowest BCUT2D eigenvalue weighted by atomic mass is 10.6. The first kappa shape index (κ1) is 6.98. The predicted molar refractivity (Wildman–Crippen MR) is 33.3 cm³/mol. The van der Waals surface area contributed by atoms with Gasteiger partial charge in [0, 0.05) is 12.4 Å². The minimum absolute atomic E-state index is 0.745. The van der Waals surface area contributed by atoms with Gasteiger partial charge in [0.2, 0.25) is 6.29 Å². The molecule has 0 aromatic carbocycles. The molecule has 1 aromatic heterocycles. The summed E-state index contributed by atoms with van der Waals surface area (Å²) in [5.74, 6) is -0.745. The molecule has 2 N–H and O–H groups in total. The molecule has 4 heteroatoms. The van der Waals surface area contributed by atoms with E-state index in [1.165, 1.54) is 12.4 Å². The molecule has 0 saturated heterocycles. The Balaban J connectivity index is 2.78.